The number of aryl methyl sites for hydroxylation is 2. The Hall–Kier alpha value is -2.84. The number of allylic oxidation sites excluding steroid dienone is 2. The first kappa shape index (κ1) is 27.7. The summed E-state index contributed by atoms with van der Waals surface area (Å²) >= 11 is 2.37. The molecule has 8 heteroatoms. The third-order valence-corrected chi connectivity index (χ3v) is 10.3. The molecular formula is C31H26F6S2. The summed E-state index contributed by atoms with van der Waals surface area (Å²) in [7, 11) is 0. The molecule has 1 aliphatic carbocycles. The molecule has 1 aliphatic rings. The van der Waals surface area contributed by atoms with E-state index in [1.807, 2.05) is 0 Å². The van der Waals surface area contributed by atoms with Crippen LogP contribution in [0.3, 0.4) is 0 Å². The van der Waals surface area contributed by atoms with Gasteiger partial charge in [0.05, 0.1) is 0 Å². The van der Waals surface area contributed by atoms with Crippen LogP contribution in [0.4, 0.5) is 26.3 Å². The molecule has 0 fully saturated rings. The first-order chi connectivity index (χ1) is 18.4. The monoisotopic (exact) mass is 576 g/mol. The van der Waals surface area contributed by atoms with E-state index in [-0.39, 0.29) is 24.0 Å². The lowest BCUT2D eigenvalue weighted by Crippen LogP contribution is -2.49. The van der Waals surface area contributed by atoms with Crippen LogP contribution in [0.25, 0.3) is 32.0 Å². The summed E-state index contributed by atoms with van der Waals surface area (Å²) in [5.74, 6) is -15.8. The molecule has 2 heterocycles. The van der Waals surface area contributed by atoms with E-state index in [1.165, 1.54) is 22.7 Å². The molecule has 4 aromatic rings. The van der Waals surface area contributed by atoms with Gasteiger partial charge in [0.25, 0.3) is 0 Å². The van der Waals surface area contributed by atoms with Crippen LogP contribution in [0.15, 0.2) is 60.7 Å². The maximum Gasteiger partial charge on any atom is 0.380 e. The van der Waals surface area contributed by atoms with Crippen LogP contribution in [0.5, 0.6) is 0 Å². The fourth-order valence-electron chi connectivity index (χ4n) is 5.42. The van der Waals surface area contributed by atoms with Gasteiger partial charge in [-0.1, -0.05) is 74.5 Å². The van der Waals surface area contributed by atoms with Crippen molar-refractivity contribution in [2.24, 2.45) is 0 Å². The fraction of sp³-hybridized carbons (Fsp3) is 0.290. The Morgan fingerprint density at radius 2 is 0.897 bits per heavy atom. The van der Waals surface area contributed by atoms with Crippen molar-refractivity contribution >= 4 is 33.8 Å². The summed E-state index contributed by atoms with van der Waals surface area (Å²) in [6.07, 6.45) is 0.465. The van der Waals surface area contributed by atoms with Gasteiger partial charge in [0, 0.05) is 41.8 Å². The van der Waals surface area contributed by atoms with Crippen molar-refractivity contribution in [2.45, 2.75) is 58.3 Å². The number of hydrogen-bond donors (Lipinski definition) is 0. The van der Waals surface area contributed by atoms with E-state index in [4.69, 9.17) is 0 Å². The number of alkyl halides is 6. The first-order valence-electron chi connectivity index (χ1n) is 12.6. The average molecular weight is 577 g/mol. The second kappa shape index (κ2) is 9.66. The van der Waals surface area contributed by atoms with Gasteiger partial charge in [0.2, 0.25) is 0 Å². The van der Waals surface area contributed by atoms with Crippen LogP contribution in [-0.4, -0.2) is 17.8 Å². The van der Waals surface area contributed by atoms with Crippen molar-refractivity contribution in [1.82, 2.24) is 0 Å². The zero-order chi connectivity index (χ0) is 28.3. The summed E-state index contributed by atoms with van der Waals surface area (Å²) in [6, 6.07) is 17.9. The summed E-state index contributed by atoms with van der Waals surface area (Å²) in [5, 5.41) is 0. The third kappa shape index (κ3) is 3.93. The Kier molecular flexibility index (Phi) is 6.87. The Balaban J connectivity index is 1.90. The minimum absolute atomic E-state index is 0.188. The number of hydrogen-bond acceptors (Lipinski definition) is 2. The first-order valence-corrected chi connectivity index (χ1v) is 14.3. The molecule has 204 valence electrons. The van der Waals surface area contributed by atoms with Crippen molar-refractivity contribution in [3.05, 3.63) is 92.7 Å². The maximum absolute atomic E-state index is 15.8. The highest BCUT2D eigenvalue weighted by atomic mass is 32.1. The topological polar surface area (TPSA) is 0 Å². The Morgan fingerprint density at radius 1 is 0.564 bits per heavy atom. The normalized spacial score (nSPS) is 17.7. The number of benzene rings is 2. The van der Waals surface area contributed by atoms with E-state index in [0.717, 1.165) is 11.1 Å². The second-order valence-electron chi connectivity index (χ2n) is 9.62. The predicted octanol–water partition coefficient (Wildman–Crippen LogP) is 10.7. The largest absolute Gasteiger partial charge is 0.380 e. The zero-order valence-corrected chi connectivity index (χ0v) is 23.4. The zero-order valence-electron chi connectivity index (χ0n) is 21.8. The van der Waals surface area contributed by atoms with Gasteiger partial charge in [-0.3, -0.25) is 0 Å². The minimum atomic E-state index is -5.59. The maximum atomic E-state index is 15.8. The molecule has 0 amide bonds. The molecule has 39 heavy (non-hydrogen) atoms. The molecule has 0 unspecified atom stereocenters. The van der Waals surface area contributed by atoms with Crippen molar-refractivity contribution in [3.8, 4) is 20.9 Å². The van der Waals surface area contributed by atoms with Gasteiger partial charge in [0.15, 0.2) is 0 Å². The van der Waals surface area contributed by atoms with E-state index >= 15 is 26.3 Å². The lowest BCUT2D eigenvalue weighted by molar-refractivity contribution is -0.254. The van der Waals surface area contributed by atoms with Gasteiger partial charge in [-0.25, -0.2) is 0 Å². The van der Waals surface area contributed by atoms with Gasteiger partial charge in [0.1, 0.15) is 0 Å². The Labute approximate surface area is 231 Å². The van der Waals surface area contributed by atoms with Crippen LogP contribution in [0.1, 0.15) is 45.9 Å². The summed E-state index contributed by atoms with van der Waals surface area (Å²) in [5.41, 5.74) is -0.832. The molecule has 0 atom stereocenters. The molecule has 0 saturated carbocycles. The van der Waals surface area contributed by atoms with Crippen molar-refractivity contribution in [2.75, 3.05) is 0 Å². The molecule has 0 aliphatic heterocycles. The van der Waals surface area contributed by atoms with E-state index in [1.54, 1.807) is 88.4 Å². The molecule has 0 bridgehead atoms. The van der Waals surface area contributed by atoms with Gasteiger partial charge >= 0.3 is 17.8 Å². The Morgan fingerprint density at radius 3 is 1.21 bits per heavy atom. The molecule has 0 radical (unpaired) electrons. The molecule has 0 N–H and O–H groups in total. The van der Waals surface area contributed by atoms with Gasteiger partial charge in [-0.15, -0.1) is 22.7 Å². The molecule has 5 rings (SSSR count). The molecule has 2 aromatic heterocycles. The van der Waals surface area contributed by atoms with Crippen LogP contribution < -0.4 is 0 Å². The van der Waals surface area contributed by atoms with Gasteiger partial charge < -0.3 is 0 Å². The van der Waals surface area contributed by atoms with E-state index < -0.39 is 28.9 Å². The Bertz CT molecular complexity index is 1440. The van der Waals surface area contributed by atoms with Crippen molar-refractivity contribution in [3.63, 3.8) is 0 Å². The third-order valence-electron chi connectivity index (χ3n) is 7.32. The van der Waals surface area contributed by atoms with E-state index in [0.29, 0.717) is 30.6 Å². The van der Waals surface area contributed by atoms with Crippen molar-refractivity contribution in [1.29, 1.82) is 0 Å². The highest BCUT2D eigenvalue weighted by Crippen LogP contribution is 2.67. The van der Waals surface area contributed by atoms with Gasteiger partial charge in [-0.2, -0.15) is 26.3 Å². The number of halogens is 6. The molecule has 0 nitrogen and oxygen atoms in total. The number of rotatable bonds is 6. The summed E-state index contributed by atoms with van der Waals surface area (Å²) < 4.78 is 93.8. The summed E-state index contributed by atoms with van der Waals surface area (Å²) in [4.78, 5) is 1.96. The fourth-order valence-corrected chi connectivity index (χ4v) is 7.93. The molecular weight excluding hydrogens is 550 g/mol. The highest BCUT2D eigenvalue weighted by molar-refractivity contribution is 7.16. The minimum Gasteiger partial charge on any atom is -0.194 e. The summed E-state index contributed by atoms with van der Waals surface area (Å²) in [6.45, 7) is 6.54. The molecule has 2 aromatic carbocycles. The standard InChI is InChI=1S/C31H26F6S2/c1-5-21-23(17(3)27(38-21)19-13-9-7-10-14-19)25-26(30(34,35)31(36,37)29(25,32)33)24-18(4)28(39-22(24)6-2)20-15-11-8-12-16-20/h7-16H,5-6H2,1-4H3. The van der Waals surface area contributed by atoms with Crippen LogP contribution in [-0.2, 0) is 12.8 Å². The number of thiophene rings is 2. The average Bonchev–Trinajstić information content (AvgIpc) is 3.46. The highest BCUT2D eigenvalue weighted by Gasteiger charge is 2.80. The molecule has 0 spiro atoms. The lowest BCUT2D eigenvalue weighted by atomic mass is 9.89. The van der Waals surface area contributed by atoms with Crippen LogP contribution in [0, 0.1) is 13.8 Å². The predicted molar refractivity (Wildman–Crippen MR) is 149 cm³/mol. The molecule has 0 saturated heterocycles. The van der Waals surface area contributed by atoms with Crippen molar-refractivity contribution < 1.29 is 26.3 Å². The van der Waals surface area contributed by atoms with E-state index in [9.17, 15) is 0 Å². The van der Waals surface area contributed by atoms with Gasteiger partial charge in [-0.05, 0) is 48.9 Å². The lowest BCUT2D eigenvalue weighted by Gasteiger charge is -2.26. The van der Waals surface area contributed by atoms with E-state index in [2.05, 4.69) is 0 Å². The van der Waals surface area contributed by atoms with Crippen LogP contribution >= 0.6 is 22.7 Å². The SMILES string of the molecule is CCc1sc(-c2ccccc2)c(C)c1C1=C(c2c(CC)sc(-c3ccccc3)c2C)C(F)(F)C(F)(F)C1(F)F. The van der Waals surface area contributed by atoms with Crippen LogP contribution in [0.2, 0.25) is 0 Å². The smallest absolute Gasteiger partial charge is 0.194 e. The second-order valence-corrected chi connectivity index (χ2v) is 11.8. The quantitative estimate of drug-likeness (QED) is 0.200.